The van der Waals surface area contributed by atoms with Gasteiger partial charge in [0.1, 0.15) is 18.2 Å². The molecule has 0 aromatic heterocycles. The summed E-state index contributed by atoms with van der Waals surface area (Å²) in [6.07, 6.45) is -0.640. The Morgan fingerprint density at radius 2 is 1.65 bits per heavy atom. The molecule has 0 saturated carbocycles. The first-order valence-electron chi connectivity index (χ1n) is 7.59. The Labute approximate surface area is 136 Å². The number of carbonyl (C=O) groups excluding carboxylic acids is 2. The van der Waals surface area contributed by atoms with E-state index in [0.29, 0.717) is 0 Å². The molecule has 23 heavy (non-hydrogen) atoms. The summed E-state index contributed by atoms with van der Waals surface area (Å²) in [5.74, 6) is -1.29. The topological polar surface area (TPSA) is 91.1 Å². The Hall–Kier alpha value is -1.11. The molecule has 1 amide bonds. The highest BCUT2D eigenvalue weighted by Gasteiger charge is 2.64. The smallest absolute Gasteiger partial charge is 0.411 e. The van der Waals surface area contributed by atoms with Gasteiger partial charge in [-0.05, 0) is 34.6 Å². The highest BCUT2D eigenvalue weighted by atomic mass is 31.2. The van der Waals surface area contributed by atoms with E-state index in [0.717, 1.165) is 0 Å². The third kappa shape index (κ3) is 5.48. The standard InChI is InChI=1S/C14H26NO7P/c1-7-20-23(18,21-8-2)12-11(9-19-10(3)16)15(12)13(17)22-14(4,5)6/h11-12H,7-9H2,1-6H3/t11-,12-,15?/m0/s1. The Kier molecular flexibility index (Phi) is 6.62. The van der Waals surface area contributed by atoms with Crippen molar-refractivity contribution in [2.24, 2.45) is 0 Å². The van der Waals surface area contributed by atoms with Crippen LogP contribution in [0.5, 0.6) is 0 Å². The Bertz CT molecular complexity index is 478. The summed E-state index contributed by atoms with van der Waals surface area (Å²) in [7, 11) is -3.54. The molecule has 2 atom stereocenters. The second kappa shape index (κ2) is 7.64. The van der Waals surface area contributed by atoms with E-state index in [1.165, 1.54) is 11.8 Å². The quantitative estimate of drug-likeness (QED) is 0.396. The van der Waals surface area contributed by atoms with Crippen LogP contribution in [0.4, 0.5) is 4.79 Å². The largest absolute Gasteiger partial charge is 0.464 e. The van der Waals surface area contributed by atoms with Gasteiger partial charge in [0.15, 0.2) is 5.78 Å². The van der Waals surface area contributed by atoms with Gasteiger partial charge in [-0.2, -0.15) is 0 Å². The number of esters is 1. The van der Waals surface area contributed by atoms with Gasteiger partial charge in [0, 0.05) is 6.92 Å². The molecule has 1 fully saturated rings. The highest BCUT2D eigenvalue weighted by Crippen LogP contribution is 2.63. The number of hydrogen-bond acceptors (Lipinski definition) is 7. The molecule has 0 aromatic rings. The van der Waals surface area contributed by atoms with E-state index in [9.17, 15) is 14.2 Å². The average Bonchev–Trinajstić information content (AvgIpc) is 3.10. The van der Waals surface area contributed by atoms with Gasteiger partial charge in [-0.1, -0.05) is 0 Å². The van der Waals surface area contributed by atoms with Crippen LogP contribution in [0.1, 0.15) is 41.5 Å². The molecule has 0 aliphatic carbocycles. The molecule has 0 aromatic carbocycles. The number of hydrogen-bond donors (Lipinski definition) is 0. The van der Waals surface area contributed by atoms with Gasteiger partial charge in [-0.25, -0.2) is 4.79 Å². The van der Waals surface area contributed by atoms with Crippen molar-refractivity contribution in [3.63, 3.8) is 0 Å². The van der Waals surface area contributed by atoms with E-state index in [1.54, 1.807) is 34.6 Å². The van der Waals surface area contributed by atoms with Crippen LogP contribution in [-0.4, -0.2) is 54.2 Å². The molecule has 9 heteroatoms. The van der Waals surface area contributed by atoms with Gasteiger partial charge in [-0.3, -0.25) is 14.3 Å². The van der Waals surface area contributed by atoms with Gasteiger partial charge in [0.05, 0.1) is 13.2 Å². The van der Waals surface area contributed by atoms with Crippen LogP contribution in [0, 0.1) is 0 Å². The van der Waals surface area contributed by atoms with Crippen LogP contribution in [0.15, 0.2) is 0 Å². The van der Waals surface area contributed by atoms with Crippen molar-refractivity contribution in [1.29, 1.82) is 0 Å². The van der Waals surface area contributed by atoms with E-state index >= 15 is 0 Å². The highest BCUT2D eigenvalue weighted by molar-refractivity contribution is 7.55. The first kappa shape index (κ1) is 19.9. The maximum Gasteiger partial charge on any atom is 0.411 e. The zero-order valence-electron chi connectivity index (χ0n) is 14.5. The van der Waals surface area contributed by atoms with Crippen LogP contribution in [0.25, 0.3) is 0 Å². The SMILES string of the molecule is CCOP(=O)(OCC)[C@H]1[C@H](COC(C)=O)N1C(=O)OC(C)(C)C. The molecular formula is C14H26NO7P. The predicted octanol–water partition coefficient (Wildman–Crippen LogP) is 2.76. The molecule has 1 aliphatic rings. The summed E-state index contributed by atoms with van der Waals surface area (Å²) >= 11 is 0. The maximum atomic E-state index is 12.9. The minimum atomic E-state index is -3.54. The fourth-order valence-corrected chi connectivity index (χ4v) is 4.35. The molecule has 1 aliphatic heterocycles. The summed E-state index contributed by atoms with van der Waals surface area (Å²) in [6, 6.07) is -0.585. The second-order valence-electron chi connectivity index (χ2n) is 6.05. The fraction of sp³-hybridized carbons (Fsp3) is 0.857. The fourth-order valence-electron chi connectivity index (χ4n) is 2.11. The lowest BCUT2D eigenvalue weighted by Gasteiger charge is -2.21. The Balaban J connectivity index is 2.93. The second-order valence-corrected chi connectivity index (χ2v) is 8.17. The maximum absolute atomic E-state index is 12.9. The van der Waals surface area contributed by atoms with Gasteiger partial charge < -0.3 is 18.5 Å². The average molecular weight is 351 g/mol. The minimum Gasteiger partial charge on any atom is -0.464 e. The summed E-state index contributed by atoms with van der Waals surface area (Å²) in [4.78, 5) is 24.5. The van der Waals surface area contributed by atoms with E-state index in [1.807, 2.05) is 0 Å². The molecule has 0 bridgehead atoms. The Morgan fingerprint density at radius 1 is 1.13 bits per heavy atom. The molecule has 8 nitrogen and oxygen atoms in total. The Morgan fingerprint density at radius 3 is 2.04 bits per heavy atom. The van der Waals surface area contributed by atoms with Crippen molar-refractivity contribution in [3.05, 3.63) is 0 Å². The lowest BCUT2D eigenvalue weighted by Crippen LogP contribution is -2.29. The molecule has 0 radical (unpaired) electrons. The van der Waals surface area contributed by atoms with Gasteiger partial charge >= 0.3 is 19.7 Å². The predicted molar refractivity (Wildman–Crippen MR) is 83.1 cm³/mol. The summed E-state index contributed by atoms with van der Waals surface area (Å²) in [5.41, 5.74) is -0.697. The number of carbonyl (C=O) groups is 2. The number of amides is 1. The van der Waals surface area contributed by atoms with Gasteiger partial charge in [0.25, 0.3) is 0 Å². The molecular weight excluding hydrogens is 325 g/mol. The third-order valence-electron chi connectivity index (χ3n) is 2.90. The number of nitrogens with zero attached hydrogens (tertiary/aromatic N) is 1. The number of rotatable bonds is 7. The van der Waals surface area contributed by atoms with Crippen molar-refractivity contribution in [3.8, 4) is 0 Å². The molecule has 1 saturated heterocycles. The number of ether oxygens (including phenoxy) is 2. The van der Waals surface area contributed by atoms with E-state index in [2.05, 4.69) is 0 Å². The van der Waals surface area contributed by atoms with Crippen molar-refractivity contribution < 1.29 is 32.7 Å². The van der Waals surface area contributed by atoms with Crippen molar-refractivity contribution in [2.75, 3.05) is 19.8 Å². The molecule has 0 unspecified atom stereocenters. The van der Waals surface area contributed by atoms with E-state index < -0.39 is 37.1 Å². The van der Waals surface area contributed by atoms with Crippen LogP contribution < -0.4 is 0 Å². The zero-order valence-corrected chi connectivity index (χ0v) is 15.4. The normalized spacial score (nSPS) is 21.0. The summed E-state index contributed by atoms with van der Waals surface area (Å²) in [5, 5.41) is 0. The van der Waals surface area contributed by atoms with Gasteiger partial charge in [-0.15, -0.1) is 0 Å². The van der Waals surface area contributed by atoms with Crippen molar-refractivity contribution in [2.45, 2.75) is 59.0 Å². The summed E-state index contributed by atoms with van der Waals surface area (Å²) in [6.45, 7) is 10.1. The van der Waals surface area contributed by atoms with Crippen LogP contribution in [0.3, 0.4) is 0 Å². The van der Waals surface area contributed by atoms with Crippen LogP contribution in [-0.2, 0) is 27.9 Å². The third-order valence-corrected chi connectivity index (χ3v) is 5.38. The van der Waals surface area contributed by atoms with Crippen molar-refractivity contribution >= 4 is 19.7 Å². The molecule has 0 N–H and O–H groups in total. The first-order valence-corrected chi connectivity index (χ1v) is 9.20. The van der Waals surface area contributed by atoms with Crippen LogP contribution in [0.2, 0.25) is 0 Å². The van der Waals surface area contributed by atoms with Gasteiger partial charge in [0.2, 0.25) is 0 Å². The van der Waals surface area contributed by atoms with Crippen molar-refractivity contribution in [1.82, 2.24) is 4.90 Å². The lowest BCUT2D eigenvalue weighted by molar-refractivity contribution is -0.141. The minimum absolute atomic E-state index is 0.0800. The molecule has 1 rings (SSSR count). The van der Waals surface area contributed by atoms with Crippen LogP contribution >= 0.6 is 7.60 Å². The first-order chi connectivity index (χ1) is 10.6. The molecule has 0 spiro atoms. The lowest BCUT2D eigenvalue weighted by atomic mass is 10.2. The molecule has 134 valence electrons. The van der Waals surface area contributed by atoms with E-state index in [-0.39, 0.29) is 19.8 Å². The zero-order chi connectivity index (χ0) is 17.8. The monoisotopic (exact) mass is 351 g/mol. The van der Waals surface area contributed by atoms with E-state index in [4.69, 9.17) is 18.5 Å². The molecule has 1 heterocycles. The summed E-state index contributed by atoms with van der Waals surface area (Å²) < 4.78 is 33.7.